The molecule has 0 radical (unpaired) electrons. The lowest BCUT2D eigenvalue weighted by molar-refractivity contribution is 0.0911. The summed E-state index contributed by atoms with van der Waals surface area (Å²) in [7, 11) is 0. The molecule has 0 aliphatic rings. The van der Waals surface area contributed by atoms with Crippen LogP contribution in [0.25, 0.3) is 0 Å². The second-order valence-corrected chi connectivity index (χ2v) is 4.06. The minimum absolute atomic E-state index is 0.197. The second kappa shape index (κ2) is 5.97. The second-order valence-electron chi connectivity index (χ2n) is 4.06. The number of aliphatic hydroxyl groups is 1. The third-order valence-electron chi connectivity index (χ3n) is 2.77. The Morgan fingerprint density at radius 2 is 2.00 bits per heavy atom. The third kappa shape index (κ3) is 3.08. The number of aromatic nitrogens is 1. The minimum Gasteiger partial charge on any atom is -0.394 e. The first kappa shape index (κ1) is 13.0. The van der Waals surface area contributed by atoms with E-state index in [2.05, 4.69) is 10.3 Å². The Morgan fingerprint density at radius 3 is 2.58 bits per heavy atom. The van der Waals surface area contributed by atoms with Gasteiger partial charge in [-0.25, -0.2) is 0 Å². The topological polar surface area (TPSA) is 82.2 Å². The normalized spacial score (nSPS) is 11.8. The van der Waals surface area contributed by atoms with Gasteiger partial charge in [0.25, 0.3) is 5.91 Å². The van der Waals surface area contributed by atoms with Gasteiger partial charge < -0.3 is 15.4 Å². The number of aromatic amines is 1. The first-order chi connectivity index (χ1) is 9.24. The zero-order valence-electron chi connectivity index (χ0n) is 10.2. The molecule has 0 aliphatic carbocycles. The average Bonchev–Trinajstić information content (AvgIpc) is 2.94. The van der Waals surface area contributed by atoms with Gasteiger partial charge in [-0.15, -0.1) is 0 Å². The molecule has 3 N–H and O–H groups in total. The van der Waals surface area contributed by atoms with Crippen molar-refractivity contribution in [2.24, 2.45) is 0 Å². The summed E-state index contributed by atoms with van der Waals surface area (Å²) in [5, 5.41) is 12.0. The molecule has 2 rings (SSSR count). The number of carbonyl (C=O) groups excluding carboxylic acids is 2. The van der Waals surface area contributed by atoms with Crippen LogP contribution in [0.4, 0.5) is 0 Å². The van der Waals surface area contributed by atoms with Crippen LogP contribution < -0.4 is 5.32 Å². The van der Waals surface area contributed by atoms with E-state index in [1.54, 1.807) is 0 Å². The average molecular weight is 258 g/mol. The van der Waals surface area contributed by atoms with Gasteiger partial charge in [0.05, 0.1) is 18.3 Å². The maximum atomic E-state index is 11.9. The molecule has 2 aromatic rings. The number of amides is 1. The Morgan fingerprint density at radius 1 is 1.26 bits per heavy atom. The van der Waals surface area contributed by atoms with Crippen molar-refractivity contribution >= 4 is 12.2 Å². The SMILES string of the molecule is O=Cc1ccc(C(=O)NC(CO)c2ccccc2)[nH]1. The number of hydrogen-bond acceptors (Lipinski definition) is 3. The van der Waals surface area contributed by atoms with Gasteiger partial charge in [-0.1, -0.05) is 30.3 Å². The molecule has 0 saturated carbocycles. The highest BCUT2D eigenvalue weighted by Crippen LogP contribution is 2.12. The summed E-state index contributed by atoms with van der Waals surface area (Å²) in [4.78, 5) is 25.2. The van der Waals surface area contributed by atoms with E-state index < -0.39 is 6.04 Å². The van der Waals surface area contributed by atoms with Crippen LogP contribution in [0.3, 0.4) is 0 Å². The van der Waals surface area contributed by atoms with Gasteiger partial charge in [-0.3, -0.25) is 9.59 Å². The van der Waals surface area contributed by atoms with Crippen LogP contribution in [-0.4, -0.2) is 28.9 Å². The number of nitrogens with one attached hydrogen (secondary N) is 2. The van der Waals surface area contributed by atoms with Crippen molar-refractivity contribution in [3.05, 3.63) is 59.4 Å². The number of carbonyl (C=O) groups is 2. The molecule has 1 unspecified atom stereocenters. The fraction of sp³-hybridized carbons (Fsp3) is 0.143. The summed E-state index contributed by atoms with van der Waals surface area (Å²) >= 11 is 0. The molecular weight excluding hydrogens is 244 g/mol. The molecule has 98 valence electrons. The molecular formula is C14H14N2O3. The first-order valence-electron chi connectivity index (χ1n) is 5.85. The van der Waals surface area contributed by atoms with Gasteiger partial charge >= 0.3 is 0 Å². The van der Waals surface area contributed by atoms with Crippen molar-refractivity contribution in [2.75, 3.05) is 6.61 Å². The van der Waals surface area contributed by atoms with Gasteiger partial charge in [0.2, 0.25) is 0 Å². The molecule has 1 aromatic heterocycles. The van der Waals surface area contributed by atoms with Gasteiger partial charge in [0.1, 0.15) is 5.69 Å². The summed E-state index contributed by atoms with van der Waals surface area (Å²) in [6, 6.07) is 11.8. The lowest BCUT2D eigenvalue weighted by Gasteiger charge is -2.16. The van der Waals surface area contributed by atoms with E-state index >= 15 is 0 Å². The Bertz CT molecular complexity index is 563. The van der Waals surface area contributed by atoms with Gasteiger partial charge in [-0.2, -0.15) is 0 Å². The number of benzene rings is 1. The predicted molar refractivity (Wildman–Crippen MR) is 69.9 cm³/mol. The van der Waals surface area contributed by atoms with Crippen molar-refractivity contribution < 1.29 is 14.7 Å². The Balaban J connectivity index is 2.10. The molecule has 5 nitrogen and oxygen atoms in total. The standard InChI is InChI=1S/C14H14N2O3/c17-8-11-6-7-12(15-11)14(19)16-13(9-18)10-4-2-1-3-5-10/h1-8,13,15,18H,9H2,(H,16,19). The summed E-state index contributed by atoms with van der Waals surface area (Å²) in [6.45, 7) is -0.197. The Kier molecular flexibility index (Phi) is 4.10. The number of H-pyrrole nitrogens is 1. The monoisotopic (exact) mass is 258 g/mol. The Labute approximate surface area is 110 Å². The van der Waals surface area contributed by atoms with Crippen LogP contribution in [0.5, 0.6) is 0 Å². The molecule has 1 aromatic carbocycles. The molecule has 0 aliphatic heterocycles. The molecule has 19 heavy (non-hydrogen) atoms. The highest BCUT2D eigenvalue weighted by Gasteiger charge is 2.15. The van der Waals surface area contributed by atoms with Crippen LogP contribution in [0, 0.1) is 0 Å². The van der Waals surface area contributed by atoms with E-state index in [1.165, 1.54) is 12.1 Å². The zero-order chi connectivity index (χ0) is 13.7. The van der Waals surface area contributed by atoms with E-state index in [-0.39, 0.29) is 18.2 Å². The zero-order valence-corrected chi connectivity index (χ0v) is 10.2. The highest BCUT2D eigenvalue weighted by molar-refractivity contribution is 5.93. The van der Waals surface area contributed by atoms with Crippen LogP contribution in [0.15, 0.2) is 42.5 Å². The molecule has 1 heterocycles. The van der Waals surface area contributed by atoms with E-state index in [1.807, 2.05) is 30.3 Å². The first-order valence-corrected chi connectivity index (χ1v) is 5.85. The number of hydrogen-bond donors (Lipinski definition) is 3. The van der Waals surface area contributed by atoms with Gasteiger partial charge in [0, 0.05) is 0 Å². The van der Waals surface area contributed by atoms with Gasteiger partial charge in [-0.05, 0) is 17.7 Å². The van der Waals surface area contributed by atoms with E-state index in [9.17, 15) is 14.7 Å². The summed E-state index contributed by atoms with van der Waals surface area (Å²) < 4.78 is 0. The molecule has 1 amide bonds. The van der Waals surface area contributed by atoms with Crippen molar-refractivity contribution in [2.45, 2.75) is 6.04 Å². The van der Waals surface area contributed by atoms with Crippen LogP contribution in [0.2, 0.25) is 0 Å². The Hall–Kier alpha value is -2.40. The van der Waals surface area contributed by atoms with Gasteiger partial charge in [0.15, 0.2) is 6.29 Å². The summed E-state index contributed by atoms with van der Waals surface area (Å²) in [6.07, 6.45) is 0.636. The smallest absolute Gasteiger partial charge is 0.268 e. The lowest BCUT2D eigenvalue weighted by Crippen LogP contribution is -2.31. The number of aliphatic hydroxyl groups excluding tert-OH is 1. The molecule has 5 heteroatoms. The van der Waals surface area contributed by atoms with Crippen LogP contribution >= 0.6 is 0 Å². The van der Waals surface area contributed by atoms with E-state index in [0.717, 1.165) is 5.56 Å². The third-order valence-corrected chi connectivity index (χ3v) is 2.77. The van der Waals surface area contributed by atoms with Crippen LogP contribution in [0.1, 0.15) is 32.6 Å². The molecule has 0 spiro atoms. The number of aldehydes is 1. The maximum absolute atomic E-state index is 11.9. The van der Waals surface area contributed by atoms with Crippen molar-refractivity contribution in [3.63, 3.8) is 0 Å². The fourth-order valence-corrected chi connectivity index (χ4v) is 1.77. The lowest BCUT2D eigenvalue weighted by atomic mass is 10.1. The van der Waals surface area contributed by atoms with E-state index in [4.69, 9.17) is 0 Å². The predicted octanol–water partition coefficient (Wildman–Crippen LogP) is 1.29. The minimum atomic E-state index is -0.475. The largest absolute Gasteiger partial charge is 0.394 e. The van der Waals surface area contributed by atoms with Crippen LogP contribution in [-0.2, 0) is 0 Å². The highest BCUT2D eigenvalue weighted by atomic mass is 16.3. The van der Waals surface area contributed by atoms with Crippen molar-refractivity contribution in [1.29, 1.82) is 0 Å². The number of rotatable bonds is 5. The van der Waals surface area contributed by atoms with Crippen molar-refractivity contribution in [3.8, 4) is 0 Å². The summed E-state index contributed by atoms with van der Waals surface area (Å²) in [5.74, 6) is -0.365. The maximum Gasteiger partial charge on any atom is 0.268 e. The molecule has 1 atom stereocenters. The summed E-state index contributed by atoms with van der Waals surface area (Å²) in [5.41, 5.74) is 1.45. The quantitative estimate of drug-likeness (QED) is 0.707. The van der Waals surface area contributed by atoms with E-state index in [0.29, 0.717) is 12.0 Å². The van der Waals surface area contributed by atoms with Crippen molar-refractivity contribution in [1.82, 2.24) is 10.3 Å². The molecule has 0 fully saturated rings. The fourth-order valence-electron chi connectivity index (χ4n) is 1.77. The molecule has 0 bridgehead atoms. The molecule has 0 saturated heterocycles.